The van der Waals surface area contributed by atoms with E-state index < -0.39 is 0 Å². The van der Waals surface area contributed by atoms with Crippen molar-refractivity contribution in [3.8, 4) is 11.5 Å². The fraction of sp³-hybridized carbons (Fsp3) is 0.125. The van der Waals surface area contributed by atoms with Gasteiger partial charge in [0, 0.05) is 5.56 Å². The maximum Gasteiger partial charge on any atom is 0.226 e. The summed E-state index contributed by atoms with van der Waals surface area (Å²) in [5, 5.41) is -0.0694. The normalized spacial score (nSPS) is 10.6. The van der Waals surface area contributed by atoms with Crippen LogP contribution in [0.2, 0.25) is 0 Å². The van der Waals surface area contributed by atoms with Gasteiger partial charge in [-0.05, 0) is 42.1 Å². The third kappa shape index (κ3) is 2.93. The van der Waals surface area contributed by atoms with Crippen LogP contribution >= 0.6 is 23.1 Å². The van der Waals surface area contributed by atoms with E-state index in [1.165, 1.54) is 11.3 Å². The Kier molecular flexibility index (Phi) is 4.31. The lowest BCUT2D eigenvalue weighted by atomic mass is 10.2. The van der Waals surface area contributed by atoms with Crippen molar-refractivity contribution in [1.82, 2.24) is 4.98 Å². The zero-order chi connectivity index (χ0) is 15.5. The minimum absolute atomic E-state index is 0.0694. The molecule has 0 fully saturated rings. The number of hydrogen-bond acceptors (Lipinski definition) is 6. The average molecular weight is 331 g/mol. The summed E-state index contributed by atoms with van der Waals surface area (Å²) in [6, 6.07) is 13.0. The number of nitrogens with zero attached hydrogens (tertiary/aromatic N) is 1. The molecule has 0 atom stereocenters. The van der Waals surface area contributed by atoms with Gasteiger partial charge in [-0.3, -0.25) is 4.79 Å². The second-order valence-corrected chi connectivity index (χ2v) is 6.66. The number of hydrogen-bond donors (Lipinski definition) is 0. The van der Waals surface area contributed by atoms with Gasteiger partial charge in [-0.2, -0.15) is 0 Å². The maximum absolute atomic E-state index is 12.4. The first-order valence-electron chi connectivity index (χ1n) is 6.51. The molecular formula is C16H13NO3S2. The molecule has 0 saturated heterocycles. The molecule has 2 aromatic carbocycles. The Labute approximate surface area is 136 Å². The van der Waals surface area contributed by atoms with Crippen molar-refractivity contribution in [2.75, 3.05) is 14.2 Å². The highest BCUT2D eigenvalue weighted by Gasteiger charge is 2.14. The number of fused-ring (bicyclic) bond motifs is 1. The summed E-state index contributed by atoms with van der Waals surface area (Å²) in [5.74, 6) is 1.14. The van der Waals surface area contributed by atoms with Gasteiger partial charge >= 0.3 is 0 Å². The minimum atomic E-state index is -0.0694. The largest absolute Gasteiger partial charge is 0.493 e. The van der Waals surface area contributed by atoms with E-state index in [1.54, 1.807) is 32.4 Å². The van der Waals surface area contributed by atoms with Crippen LogP contribution in [0, 0.1) is 0 Å². The van der Waals surface area contributed by atoms with Gasteiger partial charge in [0.1, 0.15) is 0 Å². The van der Waals surface area contributed by atoms with E-state index in [1.807, 2.05) is 24.3 Å². The van der Waals surface area contributed by atoms with Crippen molar-refractivity contribution < 1.29 is 14.3 Å². The number of methoxy groups -OCH3 is 2. The van der Waals surface area contributed by atoms with Crippen LogP contribution in [0.25, 0.3) is 10.2 Å². The average Bonchev–Trinajstić information content (AvgIpc) is 2.96. The van der Waals surface area contributed by atoms with Crippen molar-refractivity contribution in [1.29, 1.82) is 0 Å². The van der Waals surface area contributed by atoms with Gasteiger partial charge in [-0.15, -0.1) is 11.3 Å². The Bertz CT molecular complexity index is 796. The summed E-state index contributed by atoms with van der Waals surface area (Å²) in [7, 11) is 3.11. The predicted molar refractivity (Wildman–Crippen MR) is 89.4 cm³/mol. The van der Waals surface area contributed by atoms with E-state index in [4.69, 9.17) is 9.47 Å². The molecule has 3 rings (SSSR count). The number of para-hydroxylation sites is 1. The van der Waals surface area contributed by atoms with Gasteiger partial charge in [-0.25, -0.2) is 4.98 Å². The zero-order valence-electron chi connectivity index (χ0n) is 12.0. The topological polar surface area (TPSA) is 48.4 Å². The van der Waals surface area contributed by atoms with Crippen molar-refractivity contribution >= 4 is 38.4 Å². The molecule has 0 aliphatic carbocycles. The third-order valence-corrected chi connectivity index (χ3v) is 5.09. The monoisotopic (exact) mass is 331 g/mol. The van der Waals surface area contributed by atoms with E-state index in [0.717, 1.165) is 26.3 Å². The quantitative estimate of drug-likeness (QED) is 0.669. The Morgan fingerprint density at radius 3 is 2.59 bits per heavy atom. The van der Waals surface area contributed by atoms with Gasteiger partial charge in [0.15, 0.2) is 15.8 Å². The lowest BCUT2D eigenvalue weighted by Crippen LogP contribution is -1.96. The molecule has 0 bridgehead atoms. The van der Waals surface area contributed by atoms with Gasteiger partial charge in [-0.1, -0.05) is 12.1 Å². The Morgan fingerprint density at radius 1 is 1.09 bits per heavy atom. The third-order valence-electron chi connectivity index (χ3n) is 3.07. The fourth-order valence-electron chi connectivity index (χ4n) is 2.00. The lowest BCUT2D eigenvalue weighted by Gasteiger charge is -2.08. The van der Waals surface area contributed by atoms with Crippen LogP contribution in [-0.4, -0.2) is 24.3 Å². The van der Waals surface area contributed by atoms with Crippen LogP contribution in [0.4, 0.5) is 0 Å². The van der Waals surface area contributed by atoms with Crippen LogP contribution in [0.15, 0.2) is 46.8 Å². The molecule has 0 amide bonds. The number of aromatic nitrogens is 1. The maximum atomic E-state index is 12.4. The first-order valence-corrected chi connectivity index (χ1v) is 8.14. The van der Waals surface area contributed by atoms with Crippen LogP contribution < -0.4 is 9.47 Å². The van der Waals surface area contributed by atoms with Crippen molar-refractivity contribution in [3.63, 3.8) is 0 Å². The molecule has 3 aromatic rings. The van der Waals surface area contributed by atoms with Gasteiger partial charge in [0.05, 0.1) is 24.4 Å². The number of rotatable bonds is 4. The van der Waals surface area contributed by atoms with Crippen LogP contribution in [0.1, 0.15) is 10.4 Å². The van der Waals surface area contributed by atoms with E-state index in [0.29, 0.717) is 17.1 Å². The smallest absolute Gasteiger partial charge is 0.226 e. The Morgan fingerprint density at radius 2 is 1.86 bits per heavy atom. The Balaban J connectivity index is 1.84. The first-order chi connectivity index (χ1) is 10.7. The second-order valence-electron chi connectivity index (χ2n) is 4.41. The summed E-state index contributed by atoms with van der Waals surface area (Å²) >= 11 is 2.64. The standard InChI is InChI=1S/C16H13NO3S2/c1-19-12-8-7-10(9-13(12)20-2)15(18)22-16-17-11-5-3-4-6-14(11)21-16/h3-9H,1-2H3. The summed E-state index contributed by atoms with van der Waals surface area (Å²) in [6.45, 7) is 0. The molecule has 112 valence electrons. The van der Waals surface area contributed by atoms with E-state index in [9.17, 15) is 4.79 Å². The molecule has 0 radical (unpaired) electrons. The molecule has 0 aliphatic rings. The number of carbonyl (C=O) groups excluding carboxylic acids is 1. The highest BCUT2D eigenvalue weighted by Crippen LogP contribution is 2.33. The van der Waals surface area contributed by atoms with E-state index in [-0.39, 0.29) is 5.12 Å². The molecule has 1 heterocycles. The van der Waals surface area contributed by atoms with Gasteiger partial charge < -0.3 is 9.47 Å². The van der Waals surface area contributed by atoms with Crippen molar-refractivity contribution in [2.45, 2.75) is 4.34 Å². The van der Waals surface area contributed by atoms with E-state index in [2.05, 4.69) is 4.98 Å². The lowest BCUT2D eigenvalue weighted by molar-refractivity contribution is 0.108. The van der Waals surface area contributed by atoms with Crippen molar-refractivity contribution in [2.24, 2.45) is 0 Å². The fourth-order valence-corrected chi connectivity index (χ4v) is 3.90. The molecule has 0 spiro atoms. The zero-order valence-corrected chi connectivity index (χ0v) is 13.7. The number of carbonyl (C=O) groups is 1. The molecule has 1 aromatic heterocycles. The molecule has 0 N–H and O–H groups in total. The summed E-state index contributed by atoms with van der Waals surface area (Å²) < 4.78 is 12.2. The number of ether oxygens (including phenoxy) is 2. The highest BCUT2D eigenvalue weighted by atomic mass is 32.2. The predicted octanol–water partition coefficient (Wildman–Crippen LogP) is 4.25. The number of benzene rings is 2. The molecule has 6 heteroatoms. The van der Waals surface area contributed by atoms with Gasteiger partial charge in [0.25, 0.3) is 0 Å². The number of thioether (sulfide) groups is 1. The molecule has 4 nitrogen and oxygen atoms in total. The molecule has 0 aliphatic heterocycles. The van der Waals surface area contributed by atoms with Crippen LogP contribution in [-0.2, 0) is 0 Å². The highest BCUT2D eigenvalue weighted by molar-refractivity contribution is 8.15. The summed E-state index contributed by atoms with van der Waals surface area (Å²) in [4.78, 5) is 16.9. The molecule has 22 heavy (non-hydrogen) atoms. The molecular weight excluding hydrogens is 318 g/mol. The molecule has 0 unspecified atom stereocenters. The summed E-state index contributed by atoms with van der Waals surface area (Å²) in [5.41, 5.74) is 1.47. The number of thiazole rings is 1. The first kappa shape index (κ1) is 14.9. The van der Waals surface area contributed by atoms with Crippen LogP contribution in [0.3, 0.4) is 0 Å². The Hall–Kier alpha value is -2.05. The summed E-state index contributed by atoms with van der Waals surface area (Å²) in [6.07, 6.45) is 0. The second kappa shape index (κ2) is 6.37. The van der Waals surface area contributed by atoms with Crippen LogP contribution in [0.5, 0.6) is 11.5 Å². The van der Waals surface area contributed by atoms with E-state index >= 15 is 0 Å². The van der Waals surface area contributed by atoms with Gasteiger partial charge in [0.2, 0.25) is 5.12 Å². The molecule has 0 saturated carbocycles. The SMILES string of the molecule is COc1ccc(C(=O)Sc2nc3ccccc3s2)cc1OC. The van der Waals surface area contributed by atoms with Crippen molar-refractivity contribution in [3.05, 3.63) is 48.0 Å². The minimum Gasteiger partial charge on any atom is -0.493 e.